The minimum atomic E-state index is -4.64. The van der Waals surface area contributed by atoms with Gasteiger partial charge in [-0.1, -0.05) is 11.2 Å². The average molecular weight is 370 g/mol. The monoisotopic (exact) mass is 370 g/mol. The van der Waals surface area contributed by atoms with E-state index in [4.69, 9.17) is 4.52 Å². The van der Waals surface area contributed by atoms with Gasteiger partial charge in [0.15, 0.2) is 0 Å². The first-order valence-corrected chi connectivity index (χ1v) is 8.31. The van der Waals surface area contributed by atoms with Crippen LogP contribution in [0.4, 0.5) is 13.2 Å². The molecule has 1 saturated heterocycles. The van der Waals surface area contributed by atoms with Gasteiger partial charge in [0.25, 0.3) is 11.4 Å². The first kappa shape index (κ1) is 17.2. The number of hydrogen-bond acceptors (Lipinski definition) is 6. The summed E-state index contributed by atoms with van der Waals surface area (Å²) >= 11 is 0. The van der Waals surface area contributed by atoms with Crippen LogP contribution in [0.15, 0.2) is 27.5 Å². The van der Waals surface area contributed by atoms with E-state index in [0.29, 0.717) is 13.1 Å². The Labute approximate surface area is 146 Å². The van der Waals surface area contributed by atoms with Gasteiger partial charge in [-0.2, -0.15) is 18.2 Å². The van der Waals surface area contributed by atoms with Gasteiger partial charge in [-0.15, -0.1) is 0 Å². The molecule has 1 fully saturated rings. The van der Waals surface area contributed by atoms with Crippen LogP contribution in [0, 0.1) is 5.92 Å². The summed E-state index contributed by atoms with van der Waals surface area (Å²) in [6, 6.07) is 4.69. The Morgan fingerprint density at radius 1 is 1.31 bits per heavy atom. The number of rotatable bonds is 3. The molecule has 140 valence electrons. The summed E-state index contributed by atoms with van der Waals surface area (Å²) in [6.07, 6.45) is -3.81. The second kappa shape index (κ2) is 6.20. The van der Waals surface area contributed by atoms with Crippen LogP contribution in [-0.4, -0.2) is 44.4 Å². The smallest absolute Gasteiger partial charge is 0.394 e. The Hall–Kier alpha value is -2.20. The van der Waals surface area contributed by atoms with Gasteiger partial charge in [0, 0.05) is 30.8 Å². The lowest BCUT2D eigenvalue weighted by atomic mass is 9.78. The molecule has 2 aromatic rings. The van der Waals surface area contributed by atoms with E-state index in [1.54, 1.807) is 10.6 Å². The lowest BCUT2D eigenvalue weighted by molar-refractivity contribution is -0.146. The molecule has 0 amide bonds. The van der Waals surface area contributed by atoms with Gasteiger partial charge in [-0.25, -0.2) is 0 Å². The summed E-state index contributed by atoms with van der Waals surface area (Å²) in [5.74, 6) is -1.29. The Morgan fingerprint density at radius 3 is 2.81 bits per heavy atom. The number of aliphatic hydroxyl groups is 1. The van der Waals surface area contributed by atoms with Crippen molar-refractivity contribution in [2.24, 2.45) is 5.92 Å². The fraction of sp³-hybridized carbons (Fsp3) is 0.562. The average Bonchev–Trinajstić information content (AvgIpc) is 3.05. The van der Waals surface area contributed by atoms with Gasteiger partial charge >= 0.3 is 6.18 Å². The minimum absolute atomic E-state index is 0.0244. The van der Waals surface area contributed by atoms with Crippen LogP contribution >= 0.6 is 0 Å². The van der Waals surface area contributed by atoms with E-state index in [-0.39, 0.29) is 42.5 Å². The van der Waals surface area contributed by atoms with Crippen LogP contribution < -0.4 is 5.56 Å². The van der Waals surface area contributed by atoms with Gasteiger partial charge in [0.05, 0.1) is 19.2 Å². The number of hydrogen-bond donors (Lipinski definition) is 1. The number of fused-ring (bicyclic) bond motifs is 4. The van der Waals surface area contributed by atoms with Crippen LogP contribution in [0.5, 0.6) is 0 Å². The fourth-order valence-electron chi connectivity index (χ4n) is 4.13. The topological polar surface area (TPSA) is 84.4 Å². The summed E-state index contributed by atoms with van der Waals surface area (Å²) in [5, 5.41) is 12.8. The number of halogens is 3. The molecule has 0 aromatic carbocycles. The van der Waals surface area contributed by atoms with E-state index in [1.807, 2.05) is 11.0 Å². The second-order valence-corrected chi connectivity index (χ2v) is 6.81. The molecule has 2 aliphatic rings. The third kappa shape index (κ3) is 2.92. The number of alkyl halides is 3. The van der Waals surface area contributed by atoms with Crippen molar-refractivity contribution < 1.29 is 22.8 Å². The van der Waals surface area contributed by atoms with E-state index in [9.17, 15) is 23.1 Å². The maximum Gasteiger partial charge on any atom is 0.455 e. The first-order valence-electron chi connectivity index (χ1n) is 8.31. The number of aromatic nitrogens is 3. The summed E-state index contributed by atoms with van der Waals surface area (Å²) < 4.78 is 44.2. The molecule has 26 heavy (non-hydrogen) atoms. The van der Waals surface area contributed by atoms with Gasteiger partial charge in [0.2, 0.25) is 5.89 Å². The molecule has 4 rings (SSSR count). The Kier molecular flexibility index (Phi) is 4.11. The van der Waals surface area contributed by atoms with Crippen LogP contribution in [0.3, 0.4) is 0 Å². The van der Waals surface area contributed by atoms with Gasteiger partial charge in [-0.05, 0) is 18.4 Å². The van der Waals surface area contributed by atoms with Crippen molar-refractivity contribution in [3.8, 4) is 0 Å². The SMILES string of the molecule is O=c1cccc2n1[C@@H](CO)[C@H]1C[C@@H]2CN(Cc2nc(C(F)(F)F)no2)C1. The zero-order valence-corrected chi connectivity index (χ0v) is 13.7. The molecule has 0 aliphatic carbocycles. The molecule has 2 aliphatic heterocycles. The summed E-state index contributed by atoms with van der Waals surface area (Å²) in [5.41, 5.74) is 0.704. The van der Waals surface area contributed by atoms with Crippen molar-refractivity contribution in [3.05, 3.63) is 46.0 Å². The predicted octanol–water partition coefficient (Wildman–Crippen LogP) is 1.40. The van der Waals surface area contributed by atoms with E-state index < -0.39 is 12.0 Å². The zero-order chi connectivity index (χ0) is 18.5. The second-order valence-electron chi connectivity index (χ2n) is 6.81. The molecule has 0 saturated carbocycles. The number of nitrogens with zero attached hydrogens (tertiary/aromatic N) is 4. The molecule has 1 N–H and O–H groups in total. The Bertz CT molecular complexity index is 863. The fourth-order valence-corrected chi connectivity index (χ4v) is 4.13. The highest BCUT2D eigenvalue weighted by atomic mass is 19.4. The molecule has 3 atom stereocenters. The molecule has 4 heterocycles. The highest BCUT2D eigenvalue weighted by Gasteiger charge is 2.41. The summed E-state index contributed by atoms with van der Waals surface area (Å²) in [7, 11) is 0. The van der Waals surface area contributed by atoms with Gasteiger partial charge < -0.3 is 14.2 Å². The Balaban J connectivity index is 1.58. The van der Waals surface area contributed by atoms with E-state index in [0.717, 1.165) is 12.1 Å². The quantitative estimate of drug-likeness (QED) is 0.879. The number of aliphatic hydroxyl groups excluding tert-OH is 1. The third-order valence-electron chi connectivity index (χ3n) is 5.14. The number of likely N-dealkylation sites (tertiary alicyclic amines) is 1. The largest absolute Gasteiger partial charge is 0.455 e. The summed E-state index contributed by atoms with van der Waals surface area (Å²) in [4.78, 5) is 17.6. The van der Waals surface area contributed by atoms with Crippen molar-refractivity contribution in [2.75, 3.05) is 19.7 Å². The highest BCUT2D eigenvalue weighted by Crippen LogP contribution is 2.41. The van der Waals surface area contributed by atoms with E-state index >= 15 is 0 Å². The molecule has 2 bridgehead atoms. The standard InChI is InChI=1S/C16H17F3N4O3/c17-16(18,19)15-20-13(26-21-15)7-22-5-9-4-10(6-22)12(8-24)23-11(9)2-1-3-14(23)25/h1-3,9-10,12,24H,4-8H2/t9-,10+,12+/m1/s1. The first-order chi connectivity index (χ1) is 12.4. The van der Waals surface area contributed by atoms with Gasteiger partial charge in [0.1, 0.15) is 0 Å². The predicted molar refractivity (Wildman–Crippen MR) is 82.2 cm³/mol. The van der Waals surface area contributed by atoms with Crippen molar-refractivity contribution in [3.63, 3.8) is 0 Å². The van der Waals surface area contributed by atoms with Crippen molar-refractivity contribution in [1.82, 2.24) is 19.6 Å². The highest BCUT2D eigenvalue weighted by molar-refractivity contribution is 5.19. The number of piperidine rings is 1. The normalized spacial score (nSPS) is 25.9. The zero-order valence-electron chi connectivity index (χ0n) is 13.7. The summed E-state index contributed by atoms with van der Waals surface area (Å²) in [6.45, 7) is 1.04. The maximum atomic E-state index is 12.6. The van der Waals surface area contributed by atoms with Crippen LogP contribution in [0.2, 0.25) is 0 Å². The Morgan fingerprint density at radius 2 is 2.12 bits per heavy atom. The van der Waals surface area contributed by atoms with Crippen molar-refractivity contribution in [1.29, 1.82) is 0 Å². The molecule has 10 heteroatoms. The molecular formula is C16H17F3N4O3. The third-order valence-corrected chi connectivity index (χ3v) is 5.14. The molecule has 0 radical (unpaired) electrons. The lowest BCUT2D eigenvalue weighted by Gasteiger charge is -2.46. The molecule has 0 spiro atoms. The van der Waals surface area contributed by atoms with Crippen LogP contribution in [0.25, 0.3) is 0 Å². The lowest BCUT2D eigenvalue weighted by Crippen LogP contribution is -2.50. The molecule has 7 nitrogen and oxygen atoms in total. The van der Waals surface area contributed by atoms with Gasteiger partial charge in [-0.3, -0.25) is 9.69 Å². The van der Waals surface area contributed by atoms with E-state index in [2.05, 4.69) is 10.1 Å². The number of pyridine rings is 1. The van der Waals surface area contributed by atoms with Crippen molar-refractivity contribution >= 4 is 0 Å². The van der Waals surface area contributed by atoms with Crippen molar-refractivity contribution in [2.45, 2.75) is 31.1 Å². The van der Waals surface area contributed by atoms with Crippen LogP contribution in [0.1, 0.15) is 35.8 Å². The van der Waals surface area contributed by atoms with E-state index in [1.165, 1.54) is 6.07 Å². The molecule has 0 unspecified atom stereocenters. The maximum absolute atomic E-state index is 12.6. The minimum Gasteiger partial charge on any atom is -0.394 e. The molecular weight excluding hydrogens is 353 g/mol. The van der Waals surface area contributed by atoms with Crippen LogP contribution in [-0.2, 0) is 12.7 Å². The molecule has 2 aromatic heterocycles.